The Morgan fingerprint density at radius 2 is 1.62 bits per heavy atom. The van der Waals surface area contributed by atoms with E-state index < -0.39 is 28.9 Å². The Bertz CT molecular complexity index is 1060. The van der Waals surface area contributed by atoms with Crippen LogP contribution in [0.1, 0.15) is 107 Å². The number of allylic oxidation sites excluding steroid dienone is 2. The Labute approximate surface area is 223 Å². The summed E-state index contributed by atoms with van der Waals surface area (Å²) in [5.41, 5.74) is -0.280. The molecule has 5 rings (SSSR count). The van der Waals surface area contributed by atoms with E-state index in [1.165, 1.54) is 31.8 Å². The standard InChI is InChI=1S/C32H48O5/c1-18-9-12-28(4)15-16-30(6)21(25(28)19(18)2)17-22(34)26-29(5)13-11-24(37-20(3)33)32(8,27(35)36)23(29)10-14-31(26,30)7/h17-19,23-26H,9-16H2,1-8H3,(H,35,36)/t18-,19+,23+,24+,25-,26+,28+,29-,30+,31+,32+/m0/s1. The van der Waals surface area contributed by atoms with Crippen LogP contribution in [0.4, 0.5) is 0 Å². The van der Waals surface area contributed by atoms with Crippen molar-refractivity contribution in [3.05, 3.63) is 11.6 Å². The van der Waals surface area contributed by atoms with Gasteiger partial charge in [-0.25, -0.2) is 0 Å². The number of aliphatic carboxylic acids is 1. The fraction of sp³-hybridized carbons (Fsp3) is 0.844. The Balaban J connectivity index is 1.62. The average Bonchev–Trinajstić information content (AvgIpc) is 2.79. The monoisotopic (exact) mass is 512 g/mol. The smallest absolute Gasteiger partial charge is 0.313 e. The first-order valence-corrected chi connectivity index (χ1v) is 14.7. The molecule has 5 aliphatic rings. The Kier molecular flexibility index (Phi) is 5.95. The minimum atomic E-state index is -1.20. The molecule has 0 aliphatic heterocycles. The zero-order valence-electron chi connectivity index (χ0n) is 24.3. The van der Waals surface area contributed by atoms with Crippen LogP contribution < -0.4 is 0 Å². The van der Waals surface area contributed by atoms with Crippen LogP contribution in [0.15, 0.2) is 11.6 Å². The first-order chi connectivity index (χ1) is 17.1. The fourth-order valence-corrected chi connectivity index (χ4v) is 11.0. The van der Waals surface area contributed by atoms with Crippen LogP contribution in [-0.4, -0.2) is 28.9 Å². The summed E-state index contributed by atoms with van der Waals surface area (Å²) < 4.78 is 5.63. The SMILES string of the molecule is CC(=O)O[C@@H]1CC[C@@]2(C)[C@@H](CC[C@]3(C)[C@@H]2C(=O)C=C2[C@@H]4[C@H](C)[C@@H](C)CC[C@]4(C)CC[C@]23C)[C@@]1(C)C(=O)O. The van der Waals surface area contributed by atoms with Crippen molar-refractivity contribution >= 4 is 17.7 Å². The van der Waals surface area contributed by atoms with E-state index >= 15 is 0 Å². The molecule has 0 saturated heterocycles. The molecule has 0 bridgehead atoms. The normalized spacial score (nSPS) is 53.1. The number of fused-ring (bicyclic) bond motifs is 7. The summed E-state index contributed by atoms with van der Waals surface area (Å²) >= 11 is 0. The molecule has 1 N–H and O–H groups in total. The van der Waals surface area contributed by atoms with E-state index in [0.717, 1.165) is 19.3 Å². The summed E-state index contributed by atoms with van der Waals surface area (Å²) in [6.07, 6.45) is 8.96. The van der Waals surface area contributed by atoms with Crippen molar-refractivity contribution in [2.75, 3.05) is 0 Å². The number of hydrogen-bond donors (Lipinski definition) is 1. The summed E-state index contributed by atoms with van der Waals surface area (Å²) in [6.45, 7) is 17.4. The van der Waals surface area contributed by atoms with Gasteiger partial charge >= 0.3 is 11.9 Å². The summed E-state index contributed by atoms with van der Waals surface area (Å²) in [4.78, 5) is 39.1. The molecule has 5 aliphatic carbocycles. The van der Waals surface area contributed by atoms with Gasteiger partial charge in [0.2, 0.25) is 0 Å². The molecule has 0 heterocycles. The van der Waals surface area contributed by atoms with Crippen LogP contribution in [-0.2, 0) is 19.1 Å². The number of ketones is 1. The van der Waals surface area contributed by atoms with Crippen LogP contribution in [0.25, 0.3) is 0 Å². The van der Waals surface area contributed by atoms with E-state index in [9.17, 15) is 19.5 Å². The molecule has 0 spiro atoms. The molecule has 0 radical (unpaired) electrons. The van der Waals surface area contributed by atoms with Crippen molar-refractivity contribution in [1.82, 2.24) is 0 Å². The van der Waals surface area contributed by atoms with Gasteiger partial charge in [0.05, 0.1) is 0 Å². The average molecular weight is 513 g/mol. The molecule has 5 heteroatoms. The number of esters is 1. The molecule has 0 aromatic carbocycles. The van der Waals surface area contributed by atoms with Gasteiger partial charge in [-0.05, 0) is 110 Å². The predicted octanol–water partition coefficient (Wildman–Crippen LogP) is 6.84. The van der Waals surface area contributed by atoms with E-state index in [1.54, 1.807) is 6.92 Å². The molecular weight excluding hydrogens is 464 g/mol. The van der Waals surface area contributed by atoms with Gasteiger partial charge in [0, 0.05) is 12.8 Å². The van der Waals surface area contributed by atoms with Crippen molar-refractivity contribution in [2.24, 2.45) is 56.7 Å². The van der Waals surface area contributed by atoms with Gasteiger partial charge in [0.25, 0.3) is 0 Å². The number of carboxylic acid groups (broad SMARTS) is 1. The molecule has 4 fully saturated rings. The molecule has 0 aromatic rings. The fourth-order valence-electron chi connectivity index (χ4n) is 11.0. The number of carboxylic acids is 1. The zero-order valence-corrected chi connectivity index (χ0v) is 24.3. The lowest BCUT2D eigenvalue weighted by atomic mass is 9.33. The highest BCUT2D eigenvalue weighted by Gasteiger charge is 2.72. The predicted molar refractivity (Wildman–Crippen MR) is 143 cm³/mol. The second kappa shape index (κ2) is 8.18. The minimum absolute atomic E-state index is 0.0680. The van der Waals surface area contributed by atoms with Gasteiger partial charge in [0.15, 0.2) is 5.78 Å². The van der Waals surface area contributed by atoms with Crippen molar-refractivity contribution < 1.29 is 24.2 Å². The van der Waals surface area contributed by atoms with E-state index in [1.807, 2.05) is 0 Å². The second-order valence-electron chi connectivity index (χ2n) is 15.0. The number of carbonyl (C=O) groups excluding carboxylic acids is 2. The number of carbonyl (C=O) groups is 3. The lowest BCUT2D eigenvalue weighted by Gasteiger charge is -2.70. The first-order valence-electron chi connectivity index (χ1n) is 14.7. The van der Waals surface area contributed by atoms with Crippen molar-refractivity contribution in [2.45, 2.75) is 113 Å². The first kappa shape index (κ1) is 26.9. The van der Waals surface area contributed by atoms with Crippen molar-refractivity contribution in [3.8, 4) is 0 Å². The highest BCUT2D eigenvalue weighted by atomic mass is 16.5. The molecule has 37 heavy (non-hydrogen) atoms. The van der Waals surface area contributed by atoms with Crippen LogP contribution in [0.2, 0.25) is 0 Å². The molecule has 0 unspecified atom stereocenters. The molecule has 206 valence electrons. The lowest BCUT2D eigenvalue weighted by Crippen LogP contribution is -2.68. The Morgan fingerprint density at radius 3 is 2.24 bits per heavy atom. The molecule has 5 nitrogen and oxygen atoms in total. The van der Waals surface area contributed by atoms with E-state index in [-0.39, 0.29) is 33.9 Å². The largest absolute Gasteiger partial charge is 0.481 e. The van der Waals surface area contributed by atoms with E-state index in [2.05, 4.69) is 47.6 Å². The molecule has 11 atom stereocenters. The lowest BCUT2D eigenvalue weighted by molar-refractivity contribution is -0.220. The van der Waals surface area contributed by atoms with Gasteiger partial charge in [-0.15, -0.1) is 0 Å². The van der Waals surface area contributed by atoms with E-state index in [0.29, 0.717) is 30.6 Å². The van der Waals surface area contributed by atoms with Crippen LogP contribution in [0.3, 0.4) is 0 Å². The third kappa shape index (κ3) is 3.30. The molecule has 4 saturated carbocycles. The van der Waals surface area contributed by atoms with Crippen LogP contribution in [0.5, 0.6) is 0 Å². The second-order valence-corrected chi connectivity index (χ2v) is 15.0. The summed E-state index contributed by atoms with van der Waals surface area (Å²) in [5.74, 6) is 0.0756. The number of ether oxygens (including phenoxy) is 1. The van der Waals surface area contributed by atoms with Gasteiger partial charge in [-0.1, -0.05) is 47.1 Å². The maximum Gasteiger partial charge on any atom is 0.313 e. The topological polar surface area (TPSA) is 80.7 Å². The maximum absolute atomic E-state index is 14.4. The van der Waals surface area contributed by atoms with Crippen molar-refractivity contribution in [1.29, 1.82) is 0 Å². The van der Waals surface area contributed by atoms with Gasteiger partial charge in [-0.3, -0.25) is 14.4 Å². The highest BCUT2D eigenvalue weighted by molar-refractivity contribution is 5.96. The molecule has 0 aromatic heterocycles. The Hall–Kier alpha value is -1.65. The summed E-state index contributed by atoms with van der Waals surface area (Å²) in [6, 6.07) is 0. The quantitative estimate of drug-likeness (QED) is 0.410. The number of hydrogen-bond acceptors (Lipinski definition) is 4. The Morgan fingerprint density at radius 1 is 0.946 bits per heavy atom. The van der Waals surface area contributed by atoms with Gasteiger partial charge < -0.3 is 9.84 Å². The van der Waals surface area contributed by atoms with E-state index in [4.69, 9.17) is 4.74 Å². The summed E-state index contributed by atoms with van der Waals surface area (Å²) in [7, 11) is 0. The van der Waals surface area contributed by atoms with Crippen LogP contribution in [0, 0.1) is 56.7 Å². The van der Waals surface area contributed by atoms with Gasteiger partial charge in [0.1, 0.15) is 11.5 Å². The summed E-state index contributed by atoms with van der Waals surface area (Å²) in [5, 5.41) is 10.5. The van der Waals surface area contributed by atoms with Crippen molar-refractivity contribution in [3.63, 3.8) is 0 Å². The third-order valence-electron chi connectivity index (χ3n) is 13.5. The minimum Gasteiger partial charge on any atom is -0.481 e. The third-order valence-corrected chi connectivity index (χ3v) is 13.5. The molecular formula is C32H48O5. The van der Waals surface area contributed by atoms with Gasteiger partial charge in [-0.2, -0.15) is 0 Å². The van der Waals surface area contributed by atoms with Crippen LogP contribution >= 0.6 is 0 Å². The molecule has 0 amide bonds. The zero-order chi connectivity index (χ0) is 27.3. The number of rotatable bonds is 2. The highest BCUT2D eigenvalue weighted by Crippen LogP contribution is 2.75. The maximum atomic E-state index is 14.4.